The SMILES string of the molecule is COc1cc(C)c(N=CC2Cc3ccccc3N2C=O)cc1O. The van der Waals surface area contributed by atoms with Crippen molar-refractivity contribution in [1.29, 1.82) is 0 Å². The molecule has 23 heavy (non-hydrogen) atoms. The predicted octanol–water partition coefficient (Wildman–Crippen LogP) is 3.00. The fraction of sp³-hybridized carbons (Fsp3) is 0.222. The molecule has 5 heteroatoms. The number of aryl methyl sites for hydroxylation is 1. The molecule has 1 unspecified atom stereocenters. The maximum absolute atomic E-state index is 11.4. The summed E-state index contributed by atoms with van der Waals surface area (Å²) in [6, 6.07) is 11.0. The average Bonchev–Trinajstić information content (AvgIpc) is 2.92. The molecule has 1 amide bonds. The van der Waals surface area contributed by atoms with E-state index < -0.39 is 0 Å². The standard InChI is InChI=1S/C18H18N2O3/c1-12-7-18(23-2)17(22)9-15(12)19-10-14-8-13-5-3-4-6-16(13)20(14)11-21/h3-7,9-11,14,22H,8H2,1-2H3. The van der Waals surface area contributed by atoms with Gasteiger partial charge in [0.2, 0.25) is 6.41 Å². The first-order valence-corrected chi connectivity index (χ1v) is 7.37. The van der Waals surface area contributed by atoms with E-state index in [0.29, 0.717) is 11.4 Å². The van der Waals surface area contributed by atoms with E-state index in [4.69, 9.17) is 4.74 Å². The van der Waals surface area contributed by atoms with Gasteiger partial charge in [0.1, 0.15) is 0 Å². The van der Waals surface area contributed by atoms with Crippen LogP contribution in [0.4, 0.5) is 11.4 Å². The molecule has 3 rings (SSSR count). The largest absolute Gasteiger partial charge is 0.504 e. The van der Waals surface area contributed by atoms with E-state index in [9.17, 15) is 9.90 Å². The summed E-state index contributed by atoms with van der Waals surface area (Å²) in [5.74, 6) is 0.469. The minimum Gasteiger partial charge on any atom is -0.504 e. The normalized spacial score (nSPS) is 16.6. The van der Waals surface area contributed by atoms with Crippen LogP contribution < -0.4 is 9.64 Å². The van der Waals surface area contributed by atoms with Crippen molar-refractivity contribution in [3.8, 4) is 11.5 Å². The highest BCUT2D eigenvalue weighted by atomic mass is 16.5. The summed E-state index contributed by atoms with van der Waals surface area (Å²) in [7, 11) is 1.51. The first kappa shape index (κ1) is 15.1. The van der Waals surface area contributed by atoms with Crippen molar-refractivity contribution in [3.63, 3.8) is 0 Å². The molecule has 0 radical (unpaired) electrons. The number of benzene rings is 2. The summed E-state index contributed by atoms with van der Waals surface area (Å²) in [5, 5.41) is 9.88. The van der Waals surface area contributed by atoms with Gasteiger partial charge in [-0.05, 0) is 30.2 Å². The number of phenolic OH excluding ortho intramolecular Hbond substituents is 1. The second-order valence-corrected chi connectivity index (χ2v) is 5.50. The number of amides is 1. The molecule has 118 valence electrons. The quantitative estimate of drug-likeness (QED) is 0.697. The third-order valence-corrected chi connectivity index (χ3v) is 4.05. The van der Waals surface area contributed by atoms with Crippen LogP contribution in [0.1, 0.15) is 11.1 Å². The van der Waals surface area contributed by atoms with E-state index in [0.717, 1.165) is 29.6 Å². The monoisotopic (exact) mass is 310 g/mol. The topological polar surface area (TPSA) is 62.1 Å². The van der Waals surface area contributed by atoms with Crippen LogP contribution in [-0.4, -0.2) is 30.9 Å². The number of para-hydroxylation sites is 1. The van der Waals surface area contributed by atoms with Crippen LogP contribution in [0.15, 0.2) is 41.4 Å². The van der Waals surface area contributed by atoms with E-state index in [-0.39, 0.29) is 11.8 Å². The van der Waals surface area contributed by atoms with Crippen molar-refractivity contribution < 1.29 is 14.6 Å². The van der Waals surface area contributed by atoms with Crippen LogP contribution in [0.3, 0.4) is 0 Å². The average molecular weight is 310 g/mol. The lowest BCUT2D eigenvalue weighted by Crippen LogP contribution is -2.31. The number of hydrogen-bond acceptors (Lipinski definition) is 4. The maximum atomic E-state index is 11.4. The smallest absolute Gasteiger partial charge is 0.214 e. The number of anilines is 1. The number of rotatable bonds is 4. The van der Waals surface area contributed by atoms with Gasteiger partial charge in [-0.2, -0.15) is 0 Å². The van der Waals surface area contributed by atoms with Crippen LogP contribution in [0, 0.1) is 6.92 Å². The molecule has 0 saturated carbocycles. The van der Waals surface area contributed by atoms with Gasteiger partial charge in [0.15, 0.2) is 11.5 Å². The van der Waals surface area contributed by atoms with Gasteiger partial charge in [0, 0.05) is 24.4 Å². The van der Waals surface area contributed by atoms with E-state index in [1.54, 1.807) is 23.2 Å². The molecule has 1 aliphatic heterocycles. The Bertz CT molecular complexity index is 771. The number of aromatic hydroxyl groups is 1. The van der Waals surface area contributed by atoms with Gasteiger partial charge in [0.05, 0.1) is 18.8 Å². The third kappa shape index (κ3) is 2.77. The Morgan fingerprint density at radius 3 is 2.87 bits per heavy atom. The summed E-state index contributed by atoms with van der Waals surface area (Å²) < 4.78 is 5.08. The third-order valence-electron chi connectivity index (χ3n) is 4.05. The summed E-state index contributed by atoms with van der Waals surface area (Å²) >= 11 is 0. The van der Waals surface area contributed by atoms with Gasteiger partial charge < -0.3 is 14.7 Å². The number of ether oxygens (including phenoxy) is 1. The van der Waals surface area contributed by atoms with Crippen LogP contribution in [0.2, 0.25) is 0 Å². The predicted molar refractivity (Wildman–Crippen MR) is 90.0 cm³/mol. The molecular weight excluding hydrogens is 292 g/mol. The Kier molecular flexibility index (Phi) is 4.02. The Hall–Kier alpha value is -2.82. The zero-order chi connectivity index (χ0) is 16.4. The molecule has 0 aliphatic carbocycles. The van der Waals surface area contributed by atoms with E-state index in [2.05, 4.69) is 4.99 Å². The van der Waals surface area contributed by atoms with Crippen molar-refractivity contribution >= 4 is 24.0 Å². The molecule has 0 bridgehead atoms. The molecular formula is C18H18N2O3. The second-order valence-electron chi connectivity index (χ2n) is 5.50. The fourth-order valence-electron chi connectivity index (χ4n) is 2.83. The molecule has 1 heterocycles. The number of nitrogens with zero attached hydrogens (tertiary/aromatic N) is 2. The fourth-order valence-corrected chi connectivity index (χ4v) is 2.83. The van der Waals surface area contributed by atoms with E-state index in [1.807, 2.05) is 31.2 Å². The summed E-state index contributed by atoms with van der Waals surface area (Å²) in [6.45, 7) is 1.90. The number of hydrogen-bond donors (Lipinski definition) is 1. The number of methoxy groups -OCH3 is 1. The van der Waals surface area contributed by atoms with Crippen LogP contribution >= 0.6 is 0 Å². The maximum Gasteiger partial charge on any atom is 0.214 e. The van der Waals surface area contributed by atoms with E-state index >= 15 is 0 Å². The summed E-state index contributed by atoms with van der Waals surface area (Å²) in [5.41, 5.74) is 3.60. The Labute approximate surface area is 134 Å². The molecule has 0 fully saturated rings. The molecule has 0 aromatic heterocycles. The molecule has 2 aromatic carbocycles. The number of phenols is 1. The van der Waals surface area contributed by atoms with Gasteiger partial charge in [-0.15, -0.1) is 0 Å². The summed E-state index contributed by atoms with van der Waals surface area (Å²) in [4.78, 5) is 17.5. The van der Waals surface area contributed by atoms with Gasteiger partial charge in [0.25, 0.3) is 0 Å². The van der Waals surface area contributed by atoms with Gasteiger partial charge in [-0.25, -0.2) is 0 Å². The molecule has 0 spiro atoms. The van der Waals surface area contributed by atoms with Gasteiger partial charge >= 0.3 is 0 Å². The number of carbonyl (C=O) groups is 1. The highest BCUT2D eigenvalue weighted by Crippen LogP contribution is 2.34. The lowest BCUT2D eigenvalue weighted by molar-refractivity contribution is -0.107. The Balaban J connectivity index is 1.87. The molecule has 2 aromatic rings. The van der Waals surface area contributed by atoms with Crippen molar-refractivity contribution in [1.82, 2.24) is 0 Å². The number of carbonyl (C=O) groups excluding carboxylic acids is 1. The van der Waals surface area contributed by atoms with Crippen molar-refractivity contribution in [3.05, 3.63) is 47.5 Å². The Morgan fingerprint density at radius 1 is 1.35 bits per heavy atom. The molecule has 5 nitrogen and oxygen atoms in total. The van der Waals surface area contributed by atoms with Gasteiger partial charge in [-0.1, -0.05) is 18.2 Å². The van der Waals surface area contributed by atoms with Crippen LogP contribution in [-0.2, 0) is 11.2 Å². The lowest BCUT2D eigenvalue weighted by Gasteiger charge is -2.17. The van der Waals surface area contributed by atoms with Gasteiger partial charge in [-0.3, -0.25) is 9.79 Å². The number of aliphatic imine (C=N–C) groups is 1. The second kappa shape index (κ2) is 6.12. The molecule has 1 aliphatic rings. The van der Waals surface area contributed by atoms with Crippen molar-refractivity contribution in [2.24, 2.45) is 4.99 Å². The summed E-state index contributed by atoms with van der Waals surface area (Å²) in [6.07, 6.45) is 3.32. The Morgan fingerprint density at radius 2 is 2.13 bits per heavy atom. The zero-order valence-corrected chi connectivity index (χ0v) is 13.1. The minimum absolute atomic E-state index is 0.0483. The lowest BCUT2D eigenvalue weighted by atomic mass is 10.1. The molecule has 1 atom stereocenters. The minimum atomic E-state index is -0.117. The first-order valence-electron chi connectivity index (χ1n) is 7.37. The van der Waals surface area contributed by atoms with Crippen LogP contribution in [0.25, 0.3) is 0 Å². The molecule has 0 saturated heterocycles. The van der Waals surface area contributed by atoms with Crippen molar-refractivity contribution in [2.45, 2.75) is 19.4 Å². The highest BCUT2D eigenvalue weighted by Gasteiger charge is 2.27. The number of fused-ring (bicyclic) bond motifs is 1. The van der Waals surface area contributed by atoms with E-state index in [1.165, 1.54) is 7.11 Å². The van der Waals surface area contributed by atoms with Crippen molar-refractivity contribution in [2.75, 3.05) is 12.0 Å². The van der Waals surface area contributed by atoms with Crippen LogP contribution in [0.5, 0.6) is 11.5 Å². The highest BCUT2D eigenvalue weighted by molar-refractivity contribution is 5.90. The first-order chi connectivity index (χ1) is 11.1. The molecule has 1 N–H and O–H groups in total. The zero-order valence-electron chi connectivity index (χ0n) is 13.1.